The Morgan fingerprint density at radius 2 is 2.17 bits per heavy atom. The first kappa shape index (κ1) is 15.9. The third kappa shape index (κ3) is 3.06. The number of nitrogens with zero attached hydrogens (tertiary/aromatic N) is 3. The fraction of sp³-hybridized carbons (Fsp3) is 0.200. The molecule has 0 aliphatic rings. The summed E-state index contributed by atoms with van der Waals surface area (Å²) in [4.78, 5) is 36.1. The molecule has 3 heterocycles. The van der Waals surface area contributed by atoms with Gasteiger partial charge in [-0.25, -0.2) is 14.3 Å². The zero-order valence-electron chi connectivity index (χ0n) is 12.8. The Morgan fingerprint density at radius 1 is 1.33 bits per heavy atom. The van der Waals surface area contributed by atoms with Gasteiger partial charge in [-0.05, 0) is 30.5 Å². The molecule has 0 spiro atoms. The molecular weight excluding hydrogens is 332 g/mol. The normalized spacial score (nSPS) is 10.7. The van der Waals surface area contributed by atoms with Gasteiger partial charge in [0, 0.05) is 6.20 Å². The van der Waals surface area contributed by atoms with Gasteiger partial charge in [-0.3, -0.25) is 9.20 Å². The highest BCUT2D eigenvalue weighted by Gasteiger charge is 2.17. The number of carbonyl (C=O) groups excluding carboxylic acids is 2. The van der Waals surface area contributed by atoms with E-state index in [1.165, 1.54) is 15.7 Å². The van der Waals surface area contributed by atoms with Gasteiger partial charge in [0.05, 0.1) is 12.2 Å². The molecule has 1 N–H and O–H groups in total. The van der Waals surface area contributed by atoms with Crippen molar-refractivity contribution in [1.82, 2.24) is 14.2 Å². The number of hydrogen-bond donors (Lipinski definition) is 1. The molecule has 1 amide bonds. The van der Waals surface area contributed by atoms with Crippen molar-refractivity contribution in [3.63, 3.8) is 0 Å². The van der Waals surface area contributed by atoms with Gasteiger partial charge < -0.3 is 10.1 Å². The predicted octanol–water partition coefficient (Wildman–Crippen LogP) is 1.37. The van der Waals surface area contributed by atoms with Gasteiger partial charge in [0.1, 0.15) is 11.5 Å². The second-order valence-corrected chi connectivity index (χ2v) is 5.72. The lowest BCUT2D eigenvalue weighted by molar-refractivity contribution is -0.116. The van der Waals surface area contributed by atoms with E-state index in [9.17, 15) is 14.4 Å². The van der Waals surface area contributed by atoms with Crippen LogP contribution in [-0.4, -0.2) is 32.7 Å². The molecule has 3 rings (SSSR count). The summed E-state index contributed by atoms with van der Waals surface area (Å²) in [6.07, 6.45) is 1.58. The zero-order chi connectivity index (χ0) is 17.1. The van der Waals surface area contributed by atoms with E-state index < -0.39 is 17.6 Å². The number of ether oxygens (including phenoxy) is 1. The number of pyridine rings is 1. The SMILES string of the molecule is CCOC(=O)c1ccsc1NC(=O)Cn1nc2ccccn2c1=O. The molecular formula is C15H14N4O4S. The topological polar surface area (TPSA) is 94.7 Å². The quantitative estimate of drug-likeness (QED) is 0.704. The minimum Gasteiger partial charge on any atom is -0.462 e. The highest BCUT2D eigenvalue weighted by atomic mass is 32.1. The monoisotopic (exact) mass is 346 g/mol. The second-order valence-electron chi connectivity index (χ2n) is 4.80. The summed E-state index contributed by atoms with van der Waals surface area (Å²) in [5.74, 6) is -0.951. The smallest absolute Gasteiger partial charge is 0.350 e. The Balaban J connectivity index is 1.76. The maximum absolute atomic E-state index is 12.2. The number of hydrogen-bond acceptors (Lipinski definition) is 6. The predicted molar refractivity (Wildman–Crippen MR) is 88.4 cm³/mol. The number of carbonyl (C=O) groups is 2. The minimum atomic E-state index is -0.501. The molecule has 0 fully saturated rings. The van der Waals surface area contributed by atoms with Crippen LogP contribution >= 0.6 is 11.3 Å². The van der Waals surface area contributed by atoms with Crippen molar-refractivity contribution in [3.8, 4) is 0 Å². The highest BCUT2D eigenvalue weighted by molar-refractivity contribution is 7.14. The van der Waals surface area contributed by atoms with Crippen molar-refractivity contribution in [2.75, 3.05) is 11.9 Å². The standard InChI is InChI=1S/C15H14N4O4S/c1-2-23-14(21)10-6-8-24-13(10)16-12(20)9-19-15(22)18-7-4-3-5-11(18)17-19/h3-8H,2,9H2,1H3,(H,16,20). The largest absolute Gasteiger partial charge is 0.462 e. The summed E-state index contributed by atoms with van der Waals surface area (Å²) in [5.41, 5.74) is 0.341. The molecule has 9 heteroatoms. The average molecular weight is 346 g/mol. The molecule has 0 saturated heterocycles. The molecule has 0 unspecified atom stereocenters. The van der Waals surface area contributed by atoms with Crippen molar-refractivity contribution >= 4 is 33.9 Å². The number of rotatable bonds is 5. The third-order valence-corrected chi connectivity index (χ3v) is 4.03. The summed E-state index contributed by atoms with van der Waals surface area (Å²) in [5, 5.41) is 8.77. The van der Waals surface area contributed by atoms with E-state index >= 15 is 0 Å². The maximum atomic E-state index is 12.2. The van der Waals surface area contributed by atoms with Crippen molar-refractivity contribution in [3.05, 3.63) is 51.9 Å². The van der Waals surface area contributed by atoms with Gasteiger partial charge in [-0.15, -0.1) is 16.4 Å². The number of anilines is 1. The number of thiophene rings is 1. The lowest BCUT2D eigenvalue weighted by Crippen LogP contribution is -2.28. The lowest BCUT2D eigenvalue weighted by atomic mass is 10.3. The Kier molecular flexibility index (Phi) is 4.43. The van der Waals surface area contributed by atoms with Crippen LogP contribution in [0.1, 0.15) is 17.3 Å². The molecule has 3 aromatic heterocycles. The summed E-state index contributed by atoms with van der Waals surface area (Å²) in [6.45, 7) is 1.71. The molecule has 3 aromatic rings. The van der Waals surface area contributed by atoms with Gasteiger partial charge in [-0.2, -0.15) is 0 Å². The van der Waals surface area contributed by atoms with Gasteiger partial charge in [-0.1, -0.05) is 6.07 Å². The molecule has 0 radical (unpaired) electrons. The minimum absolute atomic E-state index is 0.249. The summed E-state index contributed by atoms with van der Waals surface area (Å²) < 4.78 is 7.35. The first-order valence-corrected chi connectivity index (χ1v) is 8.06. The molecule has 0 bridgehead atoms. The maximum Gasteiger partial charge on any atom is 0.350 e. The van der Waals surface area contributed by atoms with Crippen LogP contribution in [0.4, 0.5) is 5.00 Å². The van der Waals surface area contributed by atoms with E-state index in [1.54, 1.807) is 42.8 Å². The van der Waals surface area contributed by atoms with Crippen LogP contribution in [0.3, 0.4) is 0 Å². The number of aromatic nitrogens is 3. The Hall–Kier alpha value is -2.94. The van der Waals surface area contributed by atoms with E-state index in [4.69, 9.17) is 4.74 Å². The van der Waals surface area contributed by atoms with Crippen LogP contribution in [0.25, 0.3) is 5.65 Å². The molecule has 0 aliphatic carbocycles. The number of nitrogens with one attached hydrogen (secondary N) is 1. The van der Waals surface area contributed by atoms with Crippen LogP contribution in [0.5, 0.6) is 0 Å². The number of esters is 1. The Morgan fingerprint density at radius 3 is 2.92 bits per heavy atom. The third-order valence-electron chi connectivity index (χ3n) is 3.20. The van der Waals surface area contributed by atoms with E-state index in [-0.39, 0.29) is 18.7 Å². The molecule has 24 heavy (non-hydrogen) atoms. The van der Waals surface area contributed by atoms with Crippen molar-refractivity contribution in [1.29, 1.82) is 0 Å². The van der Waals surface area contributed by atoms with Crippen molar-refractivity contribution < 1.29 is 14.3 Å². The van der Waals surface area contributed by atoms with Crippen LogP contribution < -0.4 is 11.0 Å². The Bertz CT molecular complexity index is 956. The first-order valence-electron chi connectivity index (χ1n) is 7.19. The number of amides is 1. The van der Waals surface area contributed by atoms with Gasteiger partial charge in [0.2, 0.25) is 5.91 Å². The van der Waals surface area contributed by atoms with Crippen LogP contribution in [-0.2, 0) is 16.1 Å². The molecule has 124 valence electrons. The van der Waals surface area contributed by atoms with Crippen LogP contribution in [0, 0.1) is 0 Å². The van der Waals surface area contributed by atoms with E-state index in [0.29, 0.717) is 10.6 Å². The summed E-state index contributed by atoms with van der Waals surface area (Å²) in [7, 11) is 0. The fourth-order valence-electron chi connectivity index (χ4n) is 2.15. The first-order chi connectivity index (χ1) is 11.6. The lowest BCUT2D eigenvalue weighted by Gasteiger charge is -2.05. The molecule has 0 aromatic carbocycles. The molecule has 0 atom stereocenters. The van der Waals surface area contributed by atoms with Gasteiger partial charge in [0.25, 0.3) is 0 Å². The zero-order valence-corrected chi connectivity index (χ0v) is 13.6. The van der Waals surface area contributed by atoms with E-state index in [2.05, 4.69) is 10.4 Å². The Labute approximate surface area is 140 Å². The second kappa shape index (κ2) is 6.67. The van der Waals surface area contributed by atoms with Crippen LogP contribution in [0.15, 0.2) is 40.6 Å². The van der Waals surface area contributed by atoms with Crippen molar-refractivity contribution in [2.45, 2.75) is 13.5 Å². The molecule has 8 nitrogen and oxygen atoms in total. The molecule has 0 saturated carbocycles. The average Bonchev–Trinajstić information content (AvgIpc) is 3.13. The number of fused-ring (bicyclic) bond motifs is 1. The van der Waals surface area contributed by atoms with Gasteiger partial charge >= 0.3 is 11.7 Å². The summed E-state index contributed by atoms with van der Waals surface area (Å²) in [6, 6.07) is 6.71. The van der Waals surface area contributed by atoms with E-state index in [0.717, 1.165) is 4.68 Å². The summed E-state index contributed by atoms with van der Waals surface area (Å²) >= 11 is 1.21. The molecule has 0 aliphatic heterocycles. The van der Waals surface area contributed by atoms with Crippen LogP contribution in [0.2, 0.25) is 0 Å². The highest BCUT2D eigenvalue weighted by Crippen LogP contribution is 2.24. The van der Waals surface area contributed by atoms with Gasteiger partial charge in [0.15, 0.2) is 5.65 Å². The van der Waals surface area contributed by atoms with Crippen molar-refractivity contribution in [2.24, 2.45) is 0 Å². The fourth-order valence-corrected chi connectivity index (χ4v) is 2.94. The van der Waals surface area contributed by atoms with E-state index in [1.807, 2.05) is 0 Å².